The minimum atomic E-state index is -0.587. The fourth-order valence-electron chi connectivity index (χ4n) is 1.26. The maximum absolute atomic E-state index is 9.44. The molecule has 1 heterocycles. The topological polar surface area (TPSA) is 23.5 Å². The molecule has 1 aliphatic rings. The van der Waals surface area contributed by atoms with Crippen molar-refractivity contribution in [2.45, 2.75) is 32.4 Å². The zero-order chi connectivity index (χ0) is 6.91. The van der Waals surface area contributed by atoms with Gasteiger partial charge >= 0.3 is 0 Å². The first-order valence-electron chi connectivity index (χ1n) is 3.58. The third-order valence-electron chi connectivity index (χ3n) is 1.88. The van der Waals surface area contributed by atoms with E-state index in [1.54, 1.807) is 0 Å². The fourth-order valence-corrected chi connectivity index (χ4v) is 1.26. The van der Waals surface area contributed by atoms with Gasteiger partial charge in [-0.3, -0.25) is 4.90 Å². The molecule has 2 nitrogen and oxygen atoms in total. The van der Waals surface area contributed by atoms with E-state index >= 15 is 0 Å². The molecule has 1 N–H and O–H groups in total. The molecule has 0 bridgehead atoms. The van der Waals surface area contributed by atoms with Crippen LogP contribution in [0.3, 0.4) is 0 Å². The molecule has 0 spiro atoms. The molecule has 0 aliphatic carbocycles. The van der Waals surface area contributed by atoms with Gasteiger partial charge < -0.3 is 5.11 Å². The molecule has 1 fully saturated rings. The molecule has 1 saturated heterocycles. The zero-order valence-electron chi connectivity index (χ0n) is 6.22. The standard InChI is InChI=1S/C7H15NO/c1-7(2,9)8-5-3-4-6-8/h9H,3-6H2,1-2H3. The fraction of sp³-hybridized carbons (Fsp3) is 1.00. The summed E-state index contributed by atoms with van der Waals surface area (Å²) in [5.74, 6) is 0. The van der Waals surface area contributed by atoms with Crippen molar-refractivity contribution < 1.29 is 5.11 Å². The van der Waals surface area contributed by atoms with Gasteiger partial charge in [-0.05, 0) is 26.7 Å². The van der Waals surface area contributed by atoms with E-state index in [-0.39, 0.29) is 0 Å². The molecule has 54 valence electrons. The minimum absolute atomic E-state index is 0.587. The summed E-state index contributed by atoms with van der Waals surface area (Å²) in [5.41, 5.74) is -0.587. The summed E-state index contributed by atoms with van der Waals surface area (Å²) < 4.78 is 0. The highest BCUT2D eigenvalue weighted by atomic mass is 16.3. The summed E-state index contributed by atoms with van der Waals surface area (Å²) in [4.78, 5) is 2.10. The highest BCUT2D eigenvalue weighted by molar-refractivity contribution is 4.74. The quantitative estimate of drug-likeness (QED) is 0.566. The van der Waals surface area contributed by atoms with Crippen molar-refractivity contribution in [3.8, 4) is 0 Å². The van der Waals surface area contributed by atoms with Crippen LogP contribution in [-0.4, -0.2) is 28.8 Å². The molecule has 0 aromatic rings. The second kappa shape index (κ2) is 2.27. The number of nitrogens with zero attached hydrogens (tertiary/aromatic N) is 1. The van der Waals surface area contributed by atoms with Crippen LogP contribution in [0.2, 0.25) is 0 Å². The first kappa shape index (κ1) is 7.03. The predicted molar refractivity (Wildman–Crippen MR) is 37.1 cm³/mol. The molecular formula is C7H15NO. The average Bonchev–Trinajstić information content (AvgIpc) is 2.08. The minimum Gasteiger partial charge on any atom is -0.376 e. The van der Waals surface area contributed by atoms with E-state index in [4.69, 9.17) is 0 Å². The van der Waals surface area contributed by atoms with Crippen molar-refractivity contribution in [2.24, 2.45) is 0 Å². The van der Waals surface area contributed by atoms with Gasteiger partial charge in [-0.2, -0.15) is 0 Å². The first-order chi connectivity index (χ1) is 4.11. The number of likely N-dealkylation sites (tertiary alicyclic amines) is 1. The largest absolute Gasteiger partial charge is 0.376 e. The molecular weight excluding hydrogens is 114 g/mol. The molecule has 2 heteroatoms. The molecule has 0 radical (unpaired) electrons. The Balaban J connectivity index is 2.42. The predicted octanol–water partition coefficient (Wildman–Crippen LogP) is 0.811. The Kier molecular flexibility index (Phi) is 1.78. The van der Waals surface area contributed by atoms with Crippen LogP contribution in [-0.2, 0) is 0 Å². The van der Waals surface area contributed by atoms with E-state index in [0.717, 1.165) is 13.1 Å². The van der Waals surface area contributed by atoms with Crippen molar-refractivity contribution in [3.63, 3.8) is 0 Å². The lowest BCUT2D eigenvalue weighted by atomic mass is 10.3. The van der Waals surface area contributed by atoms with Gasteiger partial charge in [0.2, 0.25) is 0 Å². The van der Waals surface area contributed by atoms with E-state index in [1.165, 1.54) is 12.8 Å². The molecule has 0 amide bonds. The molecule has 0 saturated carbocycles. The van der Waals surface area contributed by atoms with Crippen molar-refractivity contribution in [1.82, 2.24) is 4.90 Å². The summed E-state index contributed by atoms with van der Waals surface area (Å²) >= 11 is 0. The number of rotatable bonds is 1. The summed E-state index contributed by atoms with van der Waals surface area (Å²) in [6.45, 7) is 5.81. The van der Waals surface area contributed by atoms with Crippen LogP contribution in [0.1, 0.15) is 26.7 Å². The second-order valence-corrected chi connectivity index (χ2v) is 3.19. The van der Waals surface area contributed by atoms with Crippen LogP contribution in [0.25, 0.3) is 0 Å². The van der Waals surface area contributed by atoms with Crippen LogP contribution >= 0.6 is 0 Å². The SMILES string of the molecule is CC(C)(O)N1CCCC1. The van der Waals surface area contributed by atoms with E-state index in [9.17, 15) is 5.11 Å². The third kappa shape index (κ3) is 1.66. The van der Waals surface area contributed by atoms with Crippen LogP contribution in [0.5, 0.6) is 0 Å². The van der Waals surface area contributed by atoms with E-state index in [2.05, 4.69) is 4.90 Å². The molecule has 1 rings (SSSR count). The Morgan fingerprint density at radius 3 is 1.89 bits per heavy atom. The van der Waals surface area contributed by atoms with Crippen LogP contribution in [0.4, 0.5) is 0 Å². The third-order valence-corrected chi connectivity index (χ3v) is 1.88. The maximum atomic E-state index is 9.44. The maximum Gasteiger partial charge on any atom is 0.112 e. The van der Waals surface area contributed by atoms with E-state index in [0.29, 0.717) is 0 Å². The Labute approximate surface area is 56.5 Å². The monoisotopic (exact) mass is 129 g/mol. The van der Waals surface area contributed by atoms with Gasteiger partial charge in [-0.15, -0.1) is 0 Å². The van der Waals surface area contributed by atoms with Gasteiger partial charge in [-0.1, -0.05) is 0 Å². The van der Waals surface area contributed by atoms with E-state index < -0.39 is 5.72 Å². The van der Waals surface area contributed by atoms with Crippen molar-refractivity contribution in [1.29, 1.82) is 0 Å². The van der Waals surface area contributed by atoms with Crippen LogP contribution in [0.15, 0.2) is 0 Å². The van der Waals surface area contributed by atoms with Crippen molar-refractivity contribution in [3.05, 3.63) is 0 Å². The second-order valence-electron chi connectivity index (χ2n) is 3.19. The van der Waals surface area contributed by atoms with Gasteiger partial charge in [0.05, 0.1) is 0 Å². The molecule has 0 atom stereocenters. The summed E-state index contributed by atoms with van der Waals surface area (Å²) in [7, 11) is 0. The summed E-state index contributed by atoms with van der Waals surface area (Å²) in [5, 5.41) is 9.44. The first-order valence-corrected chi connectivity index (χ1v) is 3.58. The summed E-state index contributed by atoms with van der Waals surface area (Å²) in [6, 6.07) is 0. The van der Waals surface area contributed by atoms with Crippen molar-refractivity contribution >= 4 is 0 Å². The lowest BCUT2D eigenvalue weighted by molar-refractivity contribution is -0.0647. The van der Waals surface area contributed by atoms with Crippen molar-refractivity contribution in [2.75, 3.05) is 13.1 Å². The Bertz CT molecular complexity index is 89.6. The molecule has 0 unspecified atom stereocenters. The lowest BCUT2D eigenvalue weighted by Gasteiger charge is -2.29. The highest BCUT2D eigenvalue weighted by Gasteiger charge is 2.25. The van der Waals surface area contributed by atoms with Gasteiger partial charge in [-0.25, -0.2) is 0 Å². The van der Waals surface area contributed by atoms with E-state index in [1.807, 2.05) is 13.8 Å². The lowest BCUT2D eigenvalue weighted by Crippen LogP contribution is -2.41. The number of hydrogen-bond acceptors (Lipinski definition) is 2. The highest BCUT2D eigenvalue weighted by Crippen LogP contribution is 2.17. The number of aliphatic hydroxyl groups is 1. The molecule has 0 aromatic carbocycles. The molecule has 1 aliphatic heterocycles. The zero-order valence-corrected chi connectivity index (χ0v) is 6.22. The van der Waals surface area contributed by atoms with Gasteiger partial charge in [0.1, 0.15) is 5.72 Å². The molecule has 0 aromatic heterocycles. The van der Waals surface area contributed by atoms with Gasteiger partial charge in [0.25, 0.3) is 0 Å². The normalized spacial score (nSPS) is 23.0. The van der Waals surface area contributed by atoms with Crippen LogP contribution < -0.4 is 0 Å². The molecule has 9 heavy (non-hydrogen) atoms. The van der Waals surface area contributed by atoms with Crippen LogP contribution in [0, 0.1) is 0 Å². The van der Waals surface area contributed by atoms with Gasteiger partial charge in [0, 0.05) is 13.1 Å². The Morgan fingerprint density at radius 2 is 1.67 bits per heavy atom. The average molecular weight is 129 g/mol. The number of hydrogen-bond donors (Lipinski definition) is 1. The Hall–Kier alpha value is -0.0800. The Morgan fingerprint density at radius 1 is 1.22 bits per heavy atom. The summed E-state index contributed by atoms with van der Waals surface area (Å²) in [6.07, 6.45) is 2.48. The van der Waals surface area contributed by atoms with Gasteiger partial charge in [0.15, 0.2) is 0 Å². The smallest absolute Gasteiger partial charge is 0.112 e.